The van der Waals surface area contributed by atoms with Gasteiger partial charge in [0.1, 0.15) is 12.4 Å². The van der Waals surface area contributed by atoms with Crippen LogP contribution in [0.3, 0.4) is 0 Å². The van der Waals surface area contributed by atoms with Gasteiger partial charge in [0.15, 0.2) is 0 Å². The number of piperidine rings is 2. The number of likely N-dealkylation sites (tertiary alicyclic amines) is 1. The molecule has 0 spiro atoms. The molecule has 26 heavy (non-hydrogen) atoms. The Labute approximate surface area is 161 Å². The van der Waals surface area contributed by atoms with Crippen LogP contribution in [0.15, 0.2) is 24.3 Å². The summed E-state index contributed by atoms with van der Waals surface area (Å²) in [6.45, 7) is 6.71. The largest absolute Gasteiger partial charge is 0.492 e. The highest BCUT2D eigenvalue weighted by Gasteiger charge is 2.27. The Balaban J connectivity index is 1.32. The first-order chi connectivity index (χ1) is 12.6. The molecule has 2 N–H and O–H groups in total. The lowest BCUT2D eigenvalue weighted by Crippen LogP contribution is -2.49. The quantitative estimate of drug-likeness (QED) is 0.797. The molecule has 0 radical (unpaired) electrons. The number of amides is 1. The molecule has 2 fully saturated rings. The van der Waals surface area contributed by atoms with Crippen molar-refractivity contribution in [2.75, 3.05) is 32.8 Å². The van der Waals surface area contributed by atoms with Gasteiger partial charge >= 0.3 is 0 Å². The first-order valence-corrected chi connectivity index (χ1v) is 10.1. The van der Waals surface area contributed by atoms with Gasteiger partial charge in [-0.15, -0.1) is 0 Å². The second-order valence-electron chi connectivity index (χ2n) is 7.50. The minimum Gasteiger partial charge on any atom is -0.492 e. The van der Waals surface area contributed by atoms with Gasteiger partial charge in [0.25, 0.3) is 0 Å². The minimum atomic E-state index is 0.178. The maximum absolute atomic E-state index is 12.5. The summed E-state index contributed by atoms with van der Waals surface area (Å²) in [5.74, 6) is 1.28. The van der Waals surface area contributed by atoms with Gasteiger partial charge in [0.05, 0.1) is 0 Å². The van der Waals surface area contributed by atoms with Crippen LogP contribution in [-0.4, -0.2) is 55.7 Å². The van der Waals surface area contributed by atoms with Crippen LogP contribution in [0.4, 0.5) is 0 Å². The molecule has 2 heterocycles. The molecule has 2 saturated heterocycles. The number of ether oxygens (including phenoxy) is 1. The van der Waals surface area contributed by atoms with Crippen molar-refractivity contribution in [1.82, 2.24) is 15.5 Å². The highest BCUT2D eigenvalue weighted by atomic mass is 35.5. The fourth-order valence-electron chi connectivity index (χ4n) is 3.81. The van der Waals surface area contributed by atoms with E-state index in [-0.39, 0.29) is 11.8 Å². The van der Waals surface area contributed by atoms with E-state index in [4.69, 9.17) is 16.3 Å². The van der Waals surface area contributed by atoms with Gasteiger partial charge in [-0.3, -0.25) is 9.69 Å². The van der Waals surface area contributed by atoms with Crippen LogP contribution in [0.5, 0.6) is 5.75 Å². The van der Waals surface area contributed by atoms with Gasteiger partial charge in [0.2, 0.25) is 5.91 Å². The molecule has 1 aromatic rings. The maximum Gasteiger partial charge on any atom is 0.223 e. The number of halogens is 1. The van der Waals surface area contributed by atoms with Crippen molar-refractivity contribution in [2.24, 2.45) is 5.92 Å². The lowest BCUT2D eigenvalue weighted by atomic mass is 9.92. The highest BCUT2D eigenvalue weighted by molar-refractivity contribution is 6.30. The summed E-state index contributed by atoms with van der Waals surface area (Å²) < 4.78 is 5.77. The molecule has 2 atom stereocenters. The molecule has 5 nitrogen and oxygen atoms in total. The smallest absolute Gasteiger partial charge is 0.223 e. The molecular weight excluding hydrogens is 350 g/mol. The molecule has 0 saturated carbocycles. The van der Waals surface area contributed by atoms with Crippen molar-refractivity contribution < 1.29 is 9.53 Å². The second kappa shape index (κ2) is 9.58. The van der Waals surface area contributed by atoms with Gasteiger partial charge in [0, 0.05) is 42.7 Å². The number of hydrogen-bond donors (Lipinski definition) is 2. The topological polar surface area (TPSA) is 53.6 Å². The fourth-order valence-corrected chi connectivity index (χ4v) is 3.94. The average molecular weight is 380 g/mol. The van der Waals surface area contributed by atoms with Gasteiger partial charge in [-0.2, -0.15) is 0 Å². The Morgan fingerprint density at radius 1 is 1.27 bits per heavy atom. The molecule has 6 heteroatoms. The summed E-state index contributed by atoms with van der Waals surface area (Å²) in [4.78, 5) is 14.9. The van der Waals surface area contributed by atoms with Crippen molar-refractivity contribution in [2.45, 2.75) is 44.7 Å². The van der Waals surface area contributed by atoms with E-state index < -0.39 is 0 Å². The lowest BCUT2D eigenvalue weighted by molar-refractivity contribution is -0.127. The van der Waals surface area contributed by atoms with Gasteiger partial charge in [-0.05, 0) is 63.4 Å². The summed E-state index contributed by atoms with van der Waals surface area (Å²) in [5.41, 5.74) is 0. The third-order valence-electron chi connectivity index (χ3n) is 5.42. The van der Waals surface area contributed by atoms with Crippen LogP contribution in [0.25, 0.3) is 0 Å². The first kappa shape index (κ1) is 19.5. The van der Waals surface area contributed by atoms with E-state index in [1.807, 2.05) is 24.3 Å². The third-order valence-corrected chi connectivity index (χ3v) is 5.67. The highest BCUT2D eigenvalue weighted by Crippen LogP contribution is 2.18. The van der Waals surface area contributed by atoms with Crippen LogP contribution >= 0.6 is 11.6 Å². The molecule has 0 unspecified atom stereocenters. The zero-order valence-corrected chi connectivity index (χ0v) is 16.3. The number of rotatable bonds is 6. The normalized spacial score (nSPS) is 25.0. The van der Waals surface area contributed by atoms with E-state index in [0.29, 0.717) is 18.7 Å². The predicted molar refractivity (Wildman–Crippen MR) is 105 cm³/mol. The molecule has 0 aliphatic carbocycles. The molecule has 1 amide bonds. The van der Waals surface area contributed by atoms with Gasteiger partial charge in [-0.1, -0.05) is 11.6 Å². The van der Waals surface area contributed by atoms with Crippen molar-refractivity contribution in [3.63, 3.8) is 0 Å². The zero-order valence-electron chi connectivity index (χ0n) is 15.5. The summed E-state index contributed by atoms with van der Waals surface area (Å²) in [6.07, 6.45) is 3.95. The summed E-state index contributed by atoms with van der Waals surface area (Å²) in [5, 5.41) is 7.41. The van der Waals surface area contributed by atoms with Crippen molar-refractivity contribution in [3.05, 3.63) is 29.3 Å². The average Bonchev–Trinajstić information content (AvgIpc) is 2.65. The summed E-state index contributed by atoms with van der Waals surface area (Å²) in [7, 11) is 0. The van der Waals surface area contributed by atoms with Gasteiger partial charge < -0.3 is 15.4 Å². The van der Waals surface area contributed by atoms with Crippen LogP contribution in [0.1, 0.15) is 32.6 Å². The van der Waals surface area contributed by atoms with E-state index in [9.17, 15) is 4.79 Å². The third kappa shape index (κ3) is 5.86. The Morgan fingerprint density at radius 3 is 2.69 bits per heavy atom. The number of nitrogens with one attached hydrogen (secondary N) is 2. The SMILES string of the molecule is C[C@H]1C[C@@H](C(=O)NC2CCN(CCOc3ccc(Cl)cc3)CC2)CCN1. The van der Waals surface area contributed by atoms with Gasteiger partial charge in [-0.25, -0.2) is 0 Å². The molecule has 0 aromatic heterocycles. The van der Waals surface area contributed by atoms with Crippen LogP contribution in [0, 0.1) is 5.92 Å². The standard InChI is InChI=1S/C20H30ClN3O2/c1-15-14-16(6-9-22-15)20(25)23-18-7-10-24(11-8-18)12-13-26-19-4-2-17(21)3-5-19/h2-5,15-16,18,22H,6-14H2,1H3,(H,23,25)/t15-,16-/m0/s1. The zero-order chi connectivity index (χ0) is 18.4. The Morgan fingerprint density at radius 2 is 2.00 bits per heavy atom. The predicted octanol–water partition coefficient (Wildman–Crippen LogP) is 2.69. The van der Waals surface area contributed by atoms with Crippen molar-refractivity contribution in [1.29, 1.82) is 0 Å². The molecule has 0 bridgehead atoms. The maximum atomic E-state index is 12.5. The minimum absolute atomic E-state index is 0.178. The van der Waals surface area contributed by atoms with Crippen molar-refractivity contribution >= 4 is 17.5 Å². The molecule has 2 aliphatic rings. The molecule has 2 aliphatic heterocycles. The molecule has 144 valence electrons. The lowest BCUT2D eigenvalue weighted by Gasteiger charge is -2.34. The number of carbonyl (C=O) groups is 1. The Kier molecular flexibility index (Phi) is 7.17. The summed E-state index contributed by atoms with van der Waals surface area (Å²) in [6, 6.07) is 8.24. The number of nitrogens with zero attached hydrogens (tertiary/aromatic N) is 1. The van der Waals surface area contributed by atoms with Crippen molar-refractivity contribution in [3.8, 4) is 5.75 Å². The number of benzene rings is 1. The van der Waals surface area contributed by atoms with E-state index in [1.54, 1.807) is 0 Å². The Hall–Kier alpha value is -1.30. The Bertz CT molecular complexity index is 573. The van der Waals surface area contributed by atoms with Crippen LogP contribution in [0.2, 0.25) is 5.02 Å². The summed E-state index contributed by atoms with van der Waals surface area (Å²) >= 11 is 5.88. The van der Waals surface area contributed by atoms with E-state index in [1.165, 1.54) is 0 Å². The number of carbonyl (C=O) groups excluding carboxylic acids is 1. The van der Waals surface area contributed by atoms with Crippen LogP contribution in [-0.2, 0) is 4.79 Å². The van der Waals surface area contributed by atoms with E-state index in [0.717, 1.165) is 62.6 Å². The van der Waals surface area contributed by atoms with E-state index >= 15 is 0 Å². The van der Waals surface area contributed by atoms with Crippen LogP contribution < -0.4 is 15.4 Å². The molecular formula is C20H30ClN3O2. The fraction of sp³-hybridized carbons (Fsp3) is 0.650. The number of hydrogen-bond acceptors (Lipinski definition) is 4. The molecule has 3 rings (SSSR count). The monoisotopic (exact) mass is 379 g/mol. The second-order valence-corrected chi connectivity index (χ2v) is 7.94. The molecule has 1 aromatic carbocycles. The van der Waals surface area contributed by atoms with E-state index in [2.05, 4.69) is 22.5 Å². The first-order valence-electron chi connectivity index (χ1n) is 9.74.